The van der Waals surface area contributed by atoms with E-state index in [1.165, 1.54) is 0 Å². The second-order valence-electron chi connectivity index (χ2n) is 3.74. The number of rotatable bonds is 3. The average molecular weight is 217 g/mol. The van der Waals surface area contributed by atoms with Gasteiger partial charge in [-0.2, -0.15) is 4.98 Å². The molecule has 0 bridgehead atoms. The summed E-state index contributed by atoms with van der Waals surface area (Å²) < 4.78 is 5.38. The summed E-state index contributed by atoms with van der Waals surface area (Å²) >= 11 is 0. The molecule has 1 aromatic heterocycles. The highest BCUT2D eigenvalue weighted by atomic mass is 16.4. The molecule has 0 amide bonds. The predicted octanol–water partition coefficient (Wildman–Crippen LogP) is 2.46. The van der Waals surface area contributed by atoms with E-state index < -0.39 is 0 Å². The molecule has 0 spiro atoms. The van der Waals surface area contributed by atoms with E-state index in [-0.39, 0.29) is 6.04 Å². The van der Waals surface area contributed by atoms with Gasteiger partial charge in [0.1, 0.15) is 6.26 Å². The molecule has 2 N–H and O–H groups in total. The topological polar surface area (TPSA) is 55.3 Å². The fraction of sp³-hybridized carbons (Fsp3) is 0.250. The normalized spacial score (nSPS) is 12.4. The van der Waals surface area contributed by atoms with Crippen LogP contribution in [0, 0.1) is 0 Å². The molecule has 2 rings (SSSR count). The first-order valence-electron chi connectivity index (χ1n) is 5.18. The van der Waals surface area contributed by atoms with Crippen LogP contribution in [0.2, 0.25) is 0 Å². The maximum Gasteiger partial charge on any atom is 0.301 e. The van der Waals surface area contributed by atoms with Crippen LogP contribution in [0.1, 0.15) is 18.7 Å². The number of hydrogen-bond acceptors (Lipinski definition) is 4. The number of nitrogens with two attached hydrogens (primary N) is 1. The Morgan fingerprint density at radius 3 is 2.56 bits per heavy atom. The number of nitrogens with zero attached hydrogens (tertiary/aromatic N) is 2. The highest BCUT2D eigenvalue weighted by molar-refractivity contribution is 5.54. The van der Waals surface area contributed by atoms with E-state index in [2.05, 4.69) is 4.98 Å². The van der Waals surface area contributed by atoms with Crippen molar-refractivity contribution in [3.05, 3.63) is 42.3 Å². The molecule has 0 saturated heterocycles. The van der Waals surface area contributed by atoms with Crippen LogP contribution in [0.4, 0.5) is 11.7 Å². The largest absolute Gasteiger partial charge is 0.431 e. The van der Waals surface area contributed by atoms with Crippen molar-refractivity contribution in [2.45, 2.75) is 13.0 Å². The third kappa shape index (κ3) is 2.06. The predicted molar refractivity (Wildman–Crippen MR) is 63.6 cm³/mol. The van der Waals surface area contributed by atoms with Crippen LogP contribution in [-0.2, 0) is 0 Å². The van der Waals surface area contributed by atoms with Crippen molar-refractivity contribution in [3.8, 4) is 0 Å². The molecular weight excluding hydrogens is 202 g/mol. The van der Waals surface area contributed by atoms with E-state index in [0.717, 1.165) is 11.4 Å². The van der Waals surface area contributed by atoms with Crippen molar-refractivity contribution in [1.29, 1.82) is 0 Å². The summed E-state index contributed by atoms with van der Waals surface area (Å²) in [6, 6.07) is 10.4. The molecule has 0 aliphatic carbocycles. The molecule has 0 aliphatic rings. The van der Waals surface area contributed by atoms with Crippen LogP contribution in [0.25, 0.3) is 0 Å². The summed E-state index contributed by atoms with van der Waals surface area (Å²) in [5.41, 5.74) is 7.51. The molecule has 0 radical (unpaired) electrons. The van der Waals surface area contributed by atoms with Crippen LogP contribution in [0.3, 0.4) is 0 Å². The van der Waals surface area contributed by atoms with Crippen LogP contribution in [0.15, 0.2) is 41.0 Å². The zero-order chi connectivity index (χ0) is 11.5. The lowest BCUT2D eigenvalue weighted by Crippen LogP contribution is -2.10. The molecule has 4 nitrogen and oxygen atoms in total. The molecule has 0 fully saturated rings. The van der Waals surface area contributed by atoms with E-state index in [1.807, 2.05) is 49.2 Å². The van der Waals surface area contributed by atoms with Gasteiger partial charge in [0.2, 0.25) is 0 Å². The maximum atomic E-state index is 5.72. The Morgan fingerprint density at radius 2 is 2.00 bits per heavy atom. The van der Waals surface area contributed by atoms with Crippen molar-refractivity contribution in [2.24, 2.45) is 5.73 Å². The number of oxazole rings is 1. The minimum absolute atomic E-state index is 0.110. The average Bonchev–Trinajstić information content (AvgIpc) is 2.78. The van der Waals surface area contributed by atoms with Gasteiger partial charge in [0.15, 0.2) is 0 Å². The van der Waals surface area contributed by atoms with Gasteiger partial charge in [-0.1, -0.05) is 18.2 Å². The number of aromatic nitrogens is 1. The molecular formula is C12H15N3O. The maximum absolute atomic E-state index is 5.72. The molecule has 1 unspecified atom stereocenters. The monoisotopic (exact) mass is 217 g/mol. The van der Waals surface area contributed by atoms with Crippen molar-refractivity contribution < 1.29 is 4.42 Å². The van der Waals surface area contributed by atoms with Crippen molar-refractivity contribution in [3.63, 3.8) is 0 Å². The number of anilines is 2. The second-order valence-corrected chi connectivity index (χ2v) is 3.74. The van der Waals surface area contributed by atoms with Gasteiger partial charge in [-0.15, -0.1) is 0 Å². The standard InChI is InChI=1S/C12H15N3O/c1-9(13)11-8-16-12(14-11)15(2)10-6-4-3-5-7-10/h3-9H,13H2,1-2H3. The molecule has 1 heterocycles. The molecule has 1 aromatic carbocycles. The minimum Gasteiger partial charge on any atom is -0.431 e. The Balaban J connectivity index is 2.24. The summed E-state index contributed by atoms with van der Waals surface area (Å²) in [6.07, 6.45) is 1.60. The molecule has 16 heavy (non-hydrogen) atoms. The summed E-state index contributed by atoms with van der Waals surface area (Å²) in [6.45, 7) is 1.88. The quantitative estimate of drug-likeness (QED) is 0.858. The Kier molecular flexibility index (Phi) is 2.92. The van der Waals surface area contributed by atoms with Gasteiger partial charge in [-0.05, 0) is 19.1 Å². The van der Waals surface area contributed by atoms with Gasteiger partial charge >= 0.3 is 6.01 Å². The zero-order valence-corrected chi connectivity index (χ0v) is 9.42. The summed E-state index contributed by atoms with van der Waals surface area (Å²) in [5.74, 6) is 0. The van der Waals surface area contributed by atoms with Gasteiger partial charge in [-0.3, -0.25) is 4.90 Å². The molecule has 84 valence electrons. The van der Waals surface area contributed by atoms with Crippen LogP contribution < -0.4 is 10.6 Å². The van der Waals surface area contributed by atoms with E-state index in [0.29, 0.717) is 6.01 Å². The Bertz CT molecular complexity index is 450. The smallest absolute Gasteiger partial charge is 0.301 e. The van der Waals surface area contributed by atoms with Gasteiger partial charge < -0.3 is 10.2 Å². The Labute approximate surface area is 94.7 Å². The molecule has 0 aliphatic heterocycles. The van der Waals surface area contributed by atoms with E-state index >= 15 is 0 Å². The SMILES string of the molecule is CC(N)c1coc(N(C)c2ccccc2)n1. The number of para-hydroxylation sites is 1. The lowest BCUT2D eigenvalue weighted by Gasteiger charge is -2.13. The summed E-state index contributed by atoms with van der Waals surface area (Å²) in [5, 5.41) is 0. The Hall–Kier alpha value is -1.81. The lowest BCUT2D eigenvalue weighted by atomic mass is 10.3. The van der Waals surface area contributed by atoms with Crippen molar-refractivity contribution in [2.75, 3.05) is 11.9 Å². The summed E-state index contributed by atoms with van der Waals surface area (Å²) in [4.78, 5) is 6.20. The molecule has 0 saturated carbocycles. The second kappa shape index (κ2) is 4.37. The first kappa shape index (κ1) is 10.7. The fourth-order valence-electron chi connectivity index (χ4n) is 1.40. The Morgan fingerprint density at radius 1 is 1.31 bits per heavy atom. The number of benzene rings is 1. The van der Waals surface area contributed by atoms with E-state index in [9.17, 15) is 0 Å². The van der Waals surface area contributed by atoms with Gasteiger partial charge in [0, 0.05) is 18.8 Å². The molecule has 2 aromatic rings. The fourth-order valence-corrected chi connectivity index (χ4v) is 1.40. The van der Waals surface area contributed by atoms with Crippen LogP contribution >= 0.6 is 0 Å². The first-order chi connectivity index (χ1) is 7.68. The van der Waals surface area contributed by atoms with Crippen molar-refractivity contribution >= 4 is 11.7 Å². The summed E-state index contributed by atoms with van der Waals surface area (Å²) in [7, 11) is 1.91. The third-order valence-electron chi connectivity index (χ3n) is 2.41. The highest BCUT2D eigenvalue weighted by Crippen LogP contribution is 2.23. The highest BCUT2D eigenvalue weighted by Gasteiger charge is 2.12. The van der Waals surface area contributed by atoms with Gasteiger partial charge in [-0.25, -0.2) is 0 Å². The van der Waals surface area contributed by atoms with Crippen LogP contribution in [0.5, 0.6) is 0 Å². The van der Waals surface area contributed by atoms with E-state index in [4.69, 9.17) is 10.2 Å². The van der Waals surface area contributed by atoms with Gasteiger partial charge in [0.05, 0.1) is 5.69 Å². The number of hydrogen-bond donors (Lipinski definition) is 1. The molecule has 4 heteroatoms. The molecule has 1 atom stereocenters. The lowest BCUT2D eigenvalue weighted by molar-refractivity contribution is 0.558. The minimum atomic E-state index is -0.110. The first-order valence-corrected chi connectivity index (χ1v) is 5.18. The van der Waals surface area contributed by atoms with Crippen LogP contribution in [-0.4, -0.2) is 12.0 Å². The van der Waals surface area contributed by atoms with Gasteiger partial charge in [0.25, 0.3) is 0 Å². The van der Waals surface area contributed by atoms with E-state index in [1.54, 1.807) is 6.26 Å². The van der Waals surface area contributed by atoms with Crippen molar-refractivity contribution in [1.82, 2.24) is 4.98 Å². The zero-order valence-electron chi connectivity index (χ0n) is 9.42. The third-order valence-corrected chi connectivity index (χ3v) is 2.41.